The summed E-state index contributed by atoms with van der Waals surface area (Å²) in [5.41, 5.74) is 0.925. The molecule has 0 amide bonds. The molecule has 0 unspecified atom stereocenters. The molecule has 0 aromatic carbocycles. The van der Waals surface area contributed by atoms with E-state index in [1.807, 2.05) is 24.4 Å². The van der Waals surface area contributed by atoms with E-state index in [0.717, 1.165) is 18.1 Å². The van der Waals surface area contributed by atoms with E-state index in [9.17, 15) is 0 Å². The number of halogens is 1. The van der Waals surface area contributed by atoms with E-state index in [1.165, 1.54) is 18.2 Å². The van der Waals surface area contributed by atoms with Crippen LogP contribution in [0.4, 0.5) is 0 Å². The zero-order valence-electron chi connectivity index (χ0n) is 8.27. The molecule has 0 radical (unpaired) electrons. The number of aromatic nitrogens is 3. The Morgan fingerprint density at radius 3 is 2.67 bits per heavy atom. The molecule has 0 aliphatic carbocycles. The Balaban J connectivity index is 0.000000531. The quantitative estimate of drug-likeness (QED) is 0.784. The molecule has 3 nitrogen and oxygen atoms in total. The number of hydrogen-bond donors (Lipinski definition) is 0. The molecule has 2 heterocycles. The van der Waals surface area contributed by atoms with Gasteiger partial charge in [0, 0.05) is 25.1 Å². The molecule has 0 saturated carbocycles. The zero-order chi connectivity index (χ0) is 11.1. The van der Waals surface area contributed by atoms with E-state index >= 15 is 0 Å². The summed E-state index contributed by atoms with van der Waals surface area (Å²) in [4.78, 5) is 8.50. The molecule has 2 aromatic heterocycles. The first-order chi connectivity index (χ1) is 7.42. The predicted molar refractivity (Wildman–Crippen MR) is 57.0 cm³/mol. The van der Waals surface area contributed by atoms with Gasteiger partial charge in [-0.05, 0) is 19.1 Å². The van der Waals surface area contributed by atoms with Crippen LogP contribution in [0.5, 0.6) is 0 Å². The maximum atomic E-state index is 4.69. The van der Waals surface area contributed by atoms with Crippen molar-refractivity contribution in [3.8, 4) is 11.5 Å². The van der Waals surface area contributed by atoms with Crippen molar-refractivity contribution < 1.29 is 18.2 Å². The standard InChI is InChI=1S/C10H11N3.ClH.Re/c1-2-13-8-7-12-10(13)9-5-3-4-6-11-9;;/h3-8H,2H2,1H3;1H;/q;;+1/p-1. The number of rotatable bonds is 2. The molecule has 0 N–H and O–H groups in total. The molecule has 2 rings (SSSR count). The Morgan fingerprint density at radius 2 is 2.07 bits per heavy atom. The van der Waals surface area contributed by atoms with Crippen molar-refractivity contribution in [2.45, 2.75) is 13.5 Å². The summed E-state index contributed by atoms with van der Waals surface area (Å²) in [6.07, 6.45) is 5.54. The molecule has 0 fully saturated rings. The van der Waals surface area contributed by atoms with E-state index in [1.54, 1.807) is 12.4 Å². The molecule has 80 valence electrons. The van der Waals surface area contributed by atoms with Crippen molar-refractivity contribution in [1.29, 1.82) is 0 Å². The zero-order valence-corrected chi connectivity index (χ0v) is 11.7. The van der Waals surface area contributed by atoms with Crippen molar-refractivity contribution in [1.82, 2.24) is 14.5 Å². The first kappa shape index (κ1) is 12.4. The van der Waals surface area contributed by atoms with Crippen LogP contribution in [0.3, 0.4) is 0 Å². The SMILES string of the molecule is CCn1ccnc1-c1ccccn1.[Cl][Re]. The van der Waals surface area contributed by atoms with Gasteiger partial charge < -0.3 is 4.57 Å². The first-order valence-electron chi connectivity index (χ1n) is 4.48. The Morgan fingerprint density at radius 1 is 1.27 bits per heavy atom. The number of imidazole rings is 1. The monoisotopic (exact) mass is 395 g/mol. The van der Waals surface area contributed by atoms with E-state index in [-0.39, 0.29) is 0 Å². The van der Waals surface area contributed by atoms with Gasteiger partial charge in [-0.25, -0.2) is 4.98 Å². The third-order valence-corrected chi connectivity index (χ3v) is 1.95. The fraction of sp³-hybridized carbons (Fsp3) is 0.200. The summed E-state index contributed by atoms with van der Waals surface area (Å²) in [6.45, 7) is 3.01. The molecule has 0 aliphatic rings. The fourth-order valence-electron chi connectivity index (χ4n) is 1.29. The molecule has 0 spiro atoms. The average Bonchev–Trinajstić information content (AvgIpc) is 2.81. The van der Waals surface area contributed by atoms with Crippen molar-refractivity contribution in [2.75, 3.05) is 0 Å². The van der Waals surface area contributed by atoms with Crippen molar-refractivity contribution in [3.63, 3.8) is 0 Å². The molecule has 0 aliphatic heterocycles. The van der Waals surface area contributed by atoms with Crippen LogP contribution in [-0.4, -0.2) is 14.5 Å². The molecule has 0 bridgehead atoms. The van der Waals surface area contributed by atoms with E-state index in [2.05, 4.69) is 21.5 Å². The summed E-state index contributed by atoms with van der Waals surface area (Å²) >= 11 is 1.19. The molecular formula is C10H11ClN3Re. The van der Waals surface area contributed by atoms with Crippen LogP contribution in [0.2, 0.25) is 0 Å². The van der Waals surface area contributed by atoms with Gasteiger partial charge in [-0.1, -0.05) is 6.07 Å². The van der Waals surface area contributed by atoms with Crippen LogP contribution in [0.15, 0.2) is 36.8 Å². The molecule has 0 saturated heterocycles. The minimum atomic E-state index is 0.923. The first-order valence-corrected chi connectivity index (χ1v) is 7.85. The van der Waals surface area contributed by atoms with Crippen LogP contribution < -0.4 is 0 Å². The van der Waals surface area contributed by atoms with Crippen LogP contribution >= 0.6 is 9.53 Å². The summed E-state index contributed by atoms with van der Waals surface area (Å²) < 4.78 is 2.07. The Bertz CT molecular complexity index is 389. The van der Waals surface area contributed by atoms with Gasteiger partial charge in [0.1, 0.15) is 5.69 Å². The van der Waals surface area contributed by atoms with E-state index in [4.69, 9.17) is 9.53 Å². The third-order valence-electron chi connectivity index (χ3n) is 1.95. The molecule has 0 atom stereocenters. The molecule has 5 heteroatoms. The summed E-state index contributed by atoms with van der Waals surface area (Å²) in [5, 5.41) is 0. The number of aryl methyl sites for hydroxylation is 1. The Labute approximate surface area is 104 Å². The van der Waals surface area contributed by atoms with Gasteiger partial charge in [0.15, 0.2) is 5.82 Å². The molecular weight excluding hydrogens is 384 g/mol. The summed E-state index contributed by atoms with van der Waals surface area (Å²) in [5.74, 6) is 0.933. The third kappa shape index (κ3) is 3.13. The Hall–Kier alpha value is -0.688. The number of nitrogens with zero attached hydrogens (tertiary/aromatic N) is 3. The summed E-state index contributed by atoms with van der Waals surface area (Å²) in [6, 6.07) is 5.84. The second-order valence-electron chi connectivity index (χ2n) is 2.75. The van der Waals surface area contributed by atoms with Crippen molar-refractivity contribution in [3.05, 3.63) is 36.8 Å². The Kier molecular flexibility index (Phi) is 5.56. The molecule has 2 aromatic rings. The van der Waals surface area contributed by atoms with Gasteiger partial charge in [0.2, 0.25) is 0 Å². The van der Waals surface area contributed by atoms with Gasteiger partial charge in [-0.2, -0.15) is 0 Å². The van der Waals surface area contributed by atoms with Gasteiger partial charge in [0.25, 0.3) is 0 Å². The minimum absolute atomic E-state index is 0.923. The topological polar surface area (TPSA) is 30.7 Å². The van der Waals surface area contributed by atoms with Gasteiger partial charge in [0.05, 0.1) is 0 Å². The molecule has 15 heavy (non-hydrogen) atoms. The van der Waals surface area contributed by atoms with Crippen LogP contribution in [0.1, 0.15) is 6.92 Å². The second-order valence-corrected chi connectivity index (χ2v) is 2.75. The van der Waals surface area contributed by atoms with E-state index in [0.29, 0.717) is 0 Å². The normalized spacial score (nSPS) is 9.27. The van der Waals surface area contributed by atoms with Gasteiger partial charge >= 0.3 is 27.7 Å². The van der Waals surface area contributed by atoms with Gasteiger partial charge in [-0.15, -0.1) is 0 Å². The fourth-order valence-corrected chi connectivity index (χ4v) is 1.29. The summed E-state index contributed by atoms with van der Waals surface area (Å²) in [7, 11) is 4.69. The van der Waals surface area contributed by atoms with Crippen molar-refractivity contribution in [2.24, 2.45) is 0 Å². The predicted octanol–water partition coefficient (Wildman–Crippen LogP) is 2.65. The van der Waals surface area contributed by atoms with Crippen LogP contribution in [-0.2, 0) is 24.7 Å². The average molecular weight is 395 g/mol. The second kappa shape index (κ2) is 6.73. The number of pyridine rings is 1. The number of hydrogen-bond acceptors (Lipinski definition) is 2. The van der Waals surface area contributed by atoms with E-state index < -0.39 is 0 Å². The van der Waals surface area contributed by atoms with Crippen LogP contribution in [0, 0.1) is 0 Å². The van der Waals surface area contributed by atoms with Crippen molar-refractivity contribution >= 4 is 9.53 Å². The van der Waals surface area contributed by atoms with Crippen LogP contribution in [0.25, 0.3) is 11.5 Å². The maximum absolute atomic E-state index is 4.69. The van der Waals surface area contributed by atoms with Gasteiger partial charge in [-0.3, -0.25) is 4.98 Å².